The van der Waals surface area contributed by atoms with Crippen molar-refractivity contribution in [2.45, 2.75) is 0 Å². The van der Waals surface area contributed by atoms with Crippen LogP contribution < -0.4 is 5.32 Å². The Morgan fingerprint density at radius 1 is 1.12 bits per heavy atom. The van der Waals surface area contributed by atoms with Gasteiger partial charge in [-0.15, -0.1) is 0 Å². The van der Waals surface area contributed by atoms with Gasteiger partial charge in [-0.2, -0.15) is 0 Å². The largest absolute Gasteiger partial charge is 0.322 e. The van der Waals surface area contributed by atoms with Gasteiger partial charge in [-0.25, -0.2) is 0 Å². The topological polar surface area (TPSA) is 49.4 Å². The summed E-state index contributed by atoms with van der Waals surface area (Å²) in [5.41, 5.74) is 2.15. The standard InChI is InChI=1S/C18H14N2O2S2/c1-20-17(22)15(24-18(20)23)11-12-7-9-13(10-8-12)16(21)19-14-5-3-2-4-6-14/h2-11H,1H3,(H,19,21). The van der Waals surface area contributed by atoms with Gasteiger partial charge in [0, 0.05) is 18.3 Å². The van der Waals surface area contributed by atoms with Crippen molar-refractivity contribution in [1.29, 1.82) is 0 Å². The van der Waals surface area contributed by atoms with Gasteiger partial charge in [-0.1, -0.05) is 54.3 Å². The fraction of sp³-hybridized carbons (Fsp3) is 0.0556. The maximum absolute atomic E-state index is 12.2. The van der Waals surface area contributed by atoms with E-state index in [0.717, 1.165) is 11.3 Å². The van der Waals surface area contributed by atoms with E-state index in [1.807, 2.05) is 42.5 Å². The summed E-state index contributed by atoms with van der Waals surface area (Å²) in [7, 11) is 1.66. The molecule has 0 spiro atoms. The number of thioether (sulfide) groups is 1. The molecule has 120 valence electrons. The molecular weight excluding hydrogens is 340 g/mol. The second-order valence-corrected chi connectivity index (χ2v) is 6.86. The first-order valence-electron chi connectivity index (χ1n) is 7.22. The van der Waals surface area contributed by atoms with Gasteiger partial charge in [0.2, 0.25) is 0 Å². The number of nitrogens with zero attached hydrogens (tertiary/aromatic N) is 1. The molecule has 0 aromatic heterocycles. The fourth-order valence-electron chi connectivity index (χ4n) is 2.15. The van der Waals surface area contributed by atoms with Gasteiger partial charge in [0.1, 0.15) is 4.32 Å². The molecule has 2 aromatic rings. The molecule has 0 saturated carbocycles. The van der Waals surface area contributed by atoms with Crippen LogP contribution in [0.25, 0.3) is 6.08 Å². The quantitative estimate of drug-likeness (QED) is 0.673. The minimum atomic E-state index is -0.173. The Labute approximate surface area is 149 Å². The van der Waals surface area contributed by atoms with Gasteiger partial charge in [-0.05, 0) is 35.9 Å². The van der Waals surface area contributed by atoms with Crippen molar-refractivity contribution in [1.82, 2.24) is 4.90 Å². The lowest BCUT2D eigenvalue weighted by molar-refractivity contribution is -0.121. The van der Waals surface area contributed by atoms with Crippen molar-refractivity contribution in [3.8, 4) is 0 Å². The Balaban J connectivity index is 1.73. The van der Waals surface area contributed by atoms with Crippen LogP contribution in [0, 0.1) is 0 Å². The van der Waals surface area contributed by atoms with E-state index in [1.54, 1.807) is 25.3 Å². The van der Waals surface area contributed by atoms with E-state index in [0.29, 0.717) is 14.8 Å². The number of amides is 2. The van der Waals surface area contributed by atoms with Gasteiger partial charge in [-0.3, -0.25) is 14.5 Å². The molecule has 1 saturated heterocycles. The maximum Gasteiger partial charge on any atom is 0.265 e. The van der Waals surface area contributed by atoms with Crippen molar-refractivity contribution in [3.63, 3.8) is 0 Å². The monoisotopic (exact) mass is 354 g/mol. The molecule has 2 aromatic carbocycles. The van der Waals surface area contributed by atoms with E-state index in [9.17, 15) is 9.59 Å². The number of carbonyl (C=O) groups is 2. The maximum atomic E-state index is 12.2. The predicted octanol–water partition coefficient (Wildman–Crippen LogP) is 3.77. The summed E-state index contributed by atoms with van der Waals surface area (Å²) in [5, 5.41) is 2.83. The summed E-state index contributed by atoms with van der Waals surface area (Å²) in [4.78, 5) is 26.2. The smallest absolute Gasteiger partial charge is 0.265 e. The summed E-state index contributed by atoms with van der Waals surface area (Å²) >= 11 is 6.38. The molecule has 0 radical (unpaired) electrons. The average molecular weight is 354 g/mol. The number of nitrogens with one attached hydrogen (secondary N) is 1. The van der Waals surface area contributed by atoms with E-state index >= 15 is 0 Å². The van der Waals surface area contributed by atoms with Crippen LogP contribution in [0.1, 0.15) is 15.9 Å². The number of likely N-dealkylation sites (N-methyl/N-ethyl adjacent to an activating group) is 1. The zero-order valence-corrected chi connectivity index (χ0v) is 14.5. The first-order chi connectivity index (χ1) is 11.5. The molecule has 1 heterocycles. The van der Waals surface area contributed by atoms with E-state index in [2.05, 4.69) is 5.32 Å². The highest BCUT2D eigenvalue weighted by Gasteiger charge is 2.28. The molecule has 0 unspecified atom stereocenters. The van der Waals surface area contributed by atoms with Crippen LogP contribution in [-0.4, -0.2) is 28.1 Å². The molecule has 2 amide bonds. The third kappa shape index (κ3) is 3.55. The summed E-state index contributed by atoms with van der Waals surface area (Å²) < 4.78 is 0.546. The highest BCUT2D eigenvalue weighted by molar-refractivity contribution is 8.26. The van der Waals surface area contributed by atoms with Crippen LogP contribution in [0.15, 0.2) is 59.5 Å². The van der Waals surface area contributed by atoms with Gasteiger partial charge >= 0.3 is 0 Å². The number of hydrogen-bond acceptors (Lipinski definition) is 4. The molecule has 1 aliphatic heterocycles. The van der Waals surface area contributed by atoms with E-state index in [-0.39, 0.29) is 11.8 Å². The van der Waals surface area contributed by atoms with Crippen LogP contribution >= 0.6 is 24.0 Å². The van der Waals surface area contributed by atoms with Crippen LogP contribution in [-0.2, 0) is 4.79 Å². The molecule has 1 N–H and O–H groups in total. The van der Waals surface area contributed by atoms with Gasteiger partial charge < -0.3 is 5.32 Å². The molecule has 3 rings (SSSR count). The molecule has 1 aliphatic rings. The molecule has 0 atom stereocenters. The van der Waals surface area contributed by atoms with Crippen LogP contribution in [0.5, 0.6) is 0 Å². The highest BCUT2D eigenvalue weighted by atomic mass is 32.2. The van der Waals surface area contributed by atoms with Crippen LogP contribution in [0.2, 0.25) is 0 Å². The number of thiocarbonyl (C=S) groups is 1. The Morgan fingerprint density at radius 3 is 2.38 bits per heavy atom. The minimum absolute atomic E-state index is 0.101. The van der Waals surface area contributed by atoms with E-state index in [4.69, 9.17) is 12.2 Å². The lowest BCUT2D eigenvalue weighted by Crippen LogP contribution is -2.22. The Kier molecular flexibility index (Phi) is 4.78. The second kappa shape index (κ2) is 6.98. The van der Waals surface area contributed by atoms with Crippen LogP contribution in [0.3, 0.4) is 0 Å². The van der Waals surface area contributed by atoms with Crippen LogP contribution in [0.4, 0.5) is 5.69 Å². The van der Waals surface area contributed by atoms with Gasteiger partial charge in [0.15, 0.2) is 0 Å². The van der Waals surface area contributed by atoms with Crippen molar-refractivity contribution in [2.24, 2.45) is 0 Å². The molecule has 6 heteroatoms. The normalized spacial score (nSPS) is 15.9. The number of benzene rings is 2. The lowest BCUT2D eigenvalue weighted by atomic mass is 10.1. The van der Waals surface area contributed by atoms with Gasteiger partial charge in [0.25, 0.3) is 11.8 Å². The molecule has 0 aliphatic carbocycles. The minimum Gasteiger partial charge on any atom is -0.322 e. The molecule has 24 heavy (non-hydrogen) atoms. The van der Waals surface area contributed by atoms with E-state index in [1.165, 1.54) is 16.7 Å². The molecule has 0 bridgehead atoms. The van der Waals surface area contributed by atoms with Crippen molar-refractivity contribution >= 4 is 51.9 Å². The first-order valence-corrected chi connectivity index (χ1v) is 8.45. The third-order valence-corrected chi connectivity index (χ3v) is 4.97. The van der Waals surface area contributed by atoms with E-state index < -0.39 is 0 Å². The number of para-hydroxylation sites is 1. The third-order valence-electron chi connectivity index (χ3n) is 3.49. The number of hydrogen-bond donors (Lipinski definition) is 1. The lowest BCUT2D eigenvalue weighted by Gasteiger charge is -2.05. The number of rotatable bonds is 3. The Bertz CT molecular complexity index is 830. The Hall–Kier alpha value is -2.44. The summed E-state index contributed by atoms with van der Waals surface area (Å²) in [5.74, 6) is -0.275. The Morgan fingerprint density at radius 2 is 1.79 bits per heavy atom. The van der Waals surface area contributed by atoms with Gasteiger partial charge in [0.05, 0.1) is 4.91 Å². The fourth-order valence-corrected chi connectivity index (χ4v) is 3.33. The number of carbonyl (C=O) groups excluding carboxylic acids is 2. The van der Waals surface area contributed by atoms with Crippen molar-refractivity contribution in [3.05, 3.63) is 70.6 Å². The number of anilines is 1. The predicted molar refractivity (Wildman–Crippen MR) is 102 cm³/mol. The highest BCUT2D eigenvalue weighted by Crippen LogP contribution is 2.31. The van der Waals surface area contributed by atoms with Crippen molar-refractivity contribution < 1.29 is 9.59 Å². The molecule has 1 fully saturated rings. The summed E-state index contributed by atoms with van der Waals surface area (Å²) in [6.45, 7) is 0. The summed E-state index contributed by atoms with van der Waals surface area (Å²) in [6.07, 6.45) is 1.78. The molecular formula is C18H14N2O2S2. The molecule has 4 nitrogen and oxygen atoms in total. The second-order valence-electron chi connectivity index (χ2n) is 5.18. The zero-order chi connectivity index (χ0) is 17.1. The first kappa shape index (κ1) is 16.4. The SMILES string of the molecule is CN1C(=O)C(=Cc2ccc(C(=O)Nc3ccccc3)cc2)SC1=S. The average Bonchev–Trinajstić information content (AvgIpc) is 2.83. The van der Waals surface area contributed by atoms with Crippen molar-refractivity contribution in [2.75, 3.05) is 12.4 Å². The summed E-state index contributed by atoms with van der Waals surface area (Å²) in [6, 6.07) is 16.4. The zero-order valence-electron chi connectivity index (χ0n) is 12.9.